The fraction of sp³-hybridized carbons (Fsp3) is 0.462. The van der Waals surface area contributed by atoms with Gasteiger partial charge >= 0.3 is 0 Å². The van der Waals surface area contributed by atoms with Crippen molar-refractivity contribution in [2.45, 2.75) is 19.4 Å². The first-order valence-electron chi connectivity index (χ1n) is 5.72. The number of rotatable bonds is 3. The van der Waals surface area contributed by atoms with Gasteiger partial charge in [-0.25, -0.2) is 0 Å². The molecule has 0 saturated carbocycles. The first-order chi connectivity index (χ1) is 7.79. The van der Waals surface area contributed by atoms with E-state index < -0.39 is 0 Å². The molecule has 1 aromatic carbocycles. The van der Waals surface area contributed by atoms with Crippen molar-refractivity contribution in [3.05, 3.63) is 35.9 Å². The maximum Gasteiger partial charge on any atom is 0.222 e. The normalized spacial score (nSPS) is 21.2. The Kier molecular flexibility index (Phi) is 3.57. The summed E-state index contributed by atoms with van der Waals surface area (Å²) in [6.45, 7) is 1.53. The monoisotopic (exact) mass is 219 g/mol. The summed E-state index contributed by atoms with van der Waals surface area (Å²) >= 11 is 0. The van der Waals surface area contributed by atoms with Crippen molar-refractivity contribution in [1.29, 1.82) is 0 Å². The molecule has 1 N–H and O–H groups in total. The van der Waals surface area contributed by atoms with Gasteiger partial charge in [-0.15, -0.1) is 0 Å². The van der Waals surface area contributed by atoms with Gasteiger partial charge in [0, 0.05) is 32.0 Å². The lowest BCUT2D eigenvalue weighted by atomic mass is 9.98. The van der Waals surface area contributed by atoms with Crippen LogP contribution in [0.25, 0.3) is 0 Å². The van der Waals surface area contributed by atoms with Gasteiger partial charge in [-0.2, -0.15) is 0 Å². The van der Waals surface area contributed by atoms with E-state index in [0.29, 0.717) is 19.5 Å². The largest absolute Gasteiger partial charge is 0.396 e. The molecule has 0 aliphatic carbocycles. The van der Waals surface area contributed by atoms with Crippen LogP contribution in [-0.4, -0.2) is 29.1 Å². The summed E-state index contributed by atoms with van der Waals surface area (Å²) in [5, 5.41) is 9.12. The van der Waals surface area contributed by atoms with Gasteiger partial charge in [0.1, 0.15) is 0 Å². The third-order valence-corrected chi connectivity index (χ3v) is 3.07. The van der Waals surface area contributed by atoms with Gasteiger partial charge in [0.2, 0.25) is 5.91 Å². The number of piperidine rings is 1. The van der Waals surface area contributed by atoms with Crippen LogP contribution in [0.2, 0.25) is 0 Å². The molecule has 1 fully saturated rings. The van der Waals surface area contributed by atoms with E-state index >= 15 is 0 Å². The van der Waals surface area contributed by atoms with Gasteiger partial charge in [-0.05, 0) is 12.0 Å². The standard InChI is InChI=1S/C13H17NO2/c15-10-12-6-7-13(16)14(9-12)8-11-4-2-1-3-5-11/h1-5,12,15H,6-10H2. The molecule has 0 bridgehead atoms. The highest BCUT2D eigenvalue weighted by Gasteiger charge is 2.24. The summed E-state index contributed by atoms with van der Waals surface area (Å²) in [5.74, 6) is 0.454. The Bertz CT molecular complexity index is 350. The summed E-state index contributed by atoms with van der Waals surface area (Å²) in [7, 11) is 0. The summed E-state index contributed by atoms with van der Waals surface area (Å²) in [6, 6.07) is 9.98. The van der Waals surface area contributed by atoms with Crippen LogP contribution in [0.15, 0.2) is 30.3 Å². The minimum Gasteiger partial charge on any atom is -0.396 e. The number of benzene rings is 1. The first-order valence-corrected chi connectivity index (χ1v) is 5.72. The maximum absolute atomic E-state index is 11.7. The fourth-order valence-electron chi connectivity index (χ4n) is 2.10. The molecule has 86 valence electrons. The number of aliphatic hydroxyl groups is 1. The van der Waals surface area contributed by atoms with Crippen molar-refractivity contribution in [3.8, 4) is 0 Å². The molecule has 3 heteroatoms. The molecule has 1 atom stereocenters. The minimum absolute atomic E-state index is 0.179. The van der Waals surface area contributed by atoms with Gasteiger partial charge < -0.3 is 10.0 Å². The molecular weight excluding hydrogens is 202 g/mol. The van der Waals surface area contributed by atoms with Gasteiger partial charge in [-0.3, -0.25) is 4.79 Å². The molecule has 3 nitrogen and oxygen atoms in total. The van der Waals surface area contributed by atoms with Crippen LogP contribution in [0.1, 0.15) is 18.4 Å². The van der Waals surface area contributed by atoms with E-state index in [0.717, 1.165) is 12.0 Å². The topological polar surface area (TPSA) is 40.5 Å². The average molecular weight is 219 g/mol. The molecule has 0 aromatic heterocycles. The number of aliphatic hydroxyl groups excluding tert-OH is 1. The van der Waals surface area contributed by atoms with E-state index in [4.69, 9.17) is 5.11 Å². The Labute approximate surface area is 95.7 Å². The second kappa shape index (κ2) is 5.12. The van der Waals surface area contributed by atoms with Crippen LogP contribution < -0.4 is 0 Å². The molecule has 2 rings (SSSR count). The van der Waals surface area contributed by atoms with Crippen LogP contribution in [0.5, 0.6) is 0 Å². The molecule has 1 unspecified atom stereocenters. The van der Waals surface area contributed by atoms with Crippen molar-refractivity contribution in [3.63, 3.8) is 0 Å². The van der Waals surface area contributed by atoms with Crippen molar-refractivity contribution >= 4 is 5.91 Å². The van der Waals surface area contributed by atoms with Crippen LogP contribution in [0.3, 0.4) is 0 Å². The van der Waals surface area contributed by atoms with Crippen molar-refractivity contribution < 1.29 is 9.90 Å². The molecule has 1 aliphatic heterocycles. The molecule has 0 radical (unpaired) electrons. The number of carbonyl (C=O) groups excluding carboxylic acids is 1. The van der Waals surface area contributed by atoms with Crippen LogP contribution in [0, 0.1) is 5.92 Å². The Morgan fingerprint density at radius 3 is 2.75 bits per heavy atom. The van der Waals surface area contributed by atoms with Crippen LogP contribution >= 0.6 is 0 Å². The van der Waals surface area contributed by atoms with Gasteiger partial charge in [0.05, 0.1) is 0 Å². The molecule has 1 aromatic rings. The first kappa shape index (κ1) is 11.1. The second-order valence-corrected chi connectivity index (χ2v) is 4.35. The molecule has 1 amide bonds. The lowest BCUT2D eigenvalue weighted by molar-refractivity contribution is -0.135. The molecule has 16 heavy (non-hydrogen) atoms. The van der Waals surface area contributed by atoms with Gasteiger partial charge in [0.15, 0.2) is 0 Å². The van der Waals surface area contributed by atoms with E-state index in [9.17, 15) is 4.79 Å². The molecule has 1 aliphatic rings. The van der Waals surface area contributed by atoms with Gasteiger partial charge in [-0.1, -0.05) is 30.3 Å². The van der Waals surface area contributed by atoms with E-state index in [2.05, 4.69) is 0 Å². The molecular formula is C13H17NO2. The van der Waals surface area contributed by atoms with Gasteiger partial charge in [0.25, 0.3) is 0 Å². The number of hydrogen-bond donors (Lipinski definition) is 1. The predicted octanol–water partition coefficient (Wildman–Crippen LogP) is 1.42. The second-order valence-electron chi connectivity index (χ2n) is 4.35. The maximum atomic E-state index is 11.7. The minimum atomic E-state index is 0.179. The smallest absolute Gasteiger partial charge is 0.222 e. The summed E-state index contributed by atoms with van der Waals surface area (Å²) in [4.78, 5) is 13.6. The Morgan fingerprint density at radius 2 is 2.06 bits per heavy atom. The zero-order valence-corrected chi connectivity index (χ0v) is 9.30. The van der Waals surface area contributed by atoms with E-state index in [-0.39, 0.29) is 18.4 Å². The quantitative estimate of drug-likeness (QED) is 0.835. The van der Waals surface area contributed by atoms with E-state index in [1.165, 1.54) is 0 Å². The van der Waals surface area contributed by atoms with Crippen molar-refractivity contribution in [2.24, 2.45) is 5.92 Å². The number of likely N-dealkylation sites (tertiary alicyclic amines) is 1. The number of hydrogen-bond acceptors (Lipinski definition) is 2. The van der Waals surface area contributed by atoms with Crippen molar-refractivity contribution in [2.75, 3.05) is 13.2 Å². The zero-order valence-electron chi connectivity index (χ0n) is 9.30. The SMILES string of the molecule is O=C1CCC(CO)CN1Cc1ccccc1. The number of nitrogens with zero attached hydrogens (tertiary/aromatic N) is 1. The van der Waals surface area contributed by atoms with E-state index in [1.54, 1.807) is 0 Å². The highest BCUT2D eigenvalue weighted by Crippen LogP contribution is 2.19. The van der Waals surface area contributed by atoms with Crippen LogP contribution in [0.4, 0.5) is 0 Å². The highest BCUT2D eigenvalue weighted by molar-refractivity contribution is 5.76. The molecule has 1 heterocycles. The molecule has 0 spiro atoms. The third kappa shape index (κ3) is 2.61. The summed E-state index contributed by atoms with van der Waals surface area (Å²) < 4.78 is 0. The van der Waals surface area contributed by atoms with E-state index in [1.807, 2.05) is 35.2 Å². The lowest BCUT2D eigenvalue weighted by Gasteiger charge is -2.31. The fourth-order valence-corrected chi connectivity index (χ4v) is 2.10. The van der Waals surface area contributed by atoms with Crippen molar-refractivity contribution in [1.82, 2.24) is 4.90 Å². The third-order valence-electron chi connectivity index (χ3n) is 3.07. The summed E-state index contributed by atoms with van der Waals surface area (Å²) in [6.07, 6.45) is 1.39. The van der Waals surface area contributed by atoms with Crippen LogP contribution in [-0.2, 0) is 11.3 Å². The predicted molar refractivity (Wildman–Crippen MR) is 61.7 cm³/mol. The number of carbonyl (C=O) groups is 1. The Balaban J connectivity index is 2.00. The zero-order chi connectivity index (χ0) is 11.4. The summed E-state index contributed by atoms with van der Waals surface area (Å²) in [5.41, 5.74) is 1.15. The Hall–Kier alpha value is -1.35. The Morgan fingerprint density at radius 1 is 1.31 bits per heavy atom. The molecule has 1 saturated heterocycles. The number of amides is 1. The lowest BCUT2D eigenvalue weighted by Crippen LogP contribution is -2.40. The average Bonchev–Trinajstić information content (AvgIpc) is 2.33. The highest BCUT2D eigenvalue weighted by atomic mass is 16.3.